The molecule has 2 heterocycles. The Morgan fingerprint density at radius 2 is 1.92 bits per heavy atom. The number of rotatable bonds is 4. The lowest BCUT2D eigenvalue weighted by Crippen LogP contribution is -2.30. The fourth-order valence-corrected chi connectivity index (χ4v) is 2.80. The molecular weight excluding hydrogens is 300 g/mol. The zero-order valence-electron chi connectivity index (χ0n) is 14.3. The highest BCUT2D eigenvalue weighted by molar-refractivity contribution is 5.82. The molecule has 0 amide bonds. The lowest BCUT2D eigenvalue weighted by Gasteiger charge is -2.10. The van der Waals surface area contributed by atoms with Crippen molar-refractivity contribution in [2.45, 2.75) is 39.8 Å². The minimum atomic E-state index is -0.0205. The summed E-state index contributed by atoms with van der Waals surface area (Å²) in [6.45, 7) is 6.30. The molecule has 0 bridgehead atoms. The van der Waals surface area contributed by atoms with Crippen molar-refractivity contribution in [2.24, 2.45) is 4.99 Å². The van der Waals surface area contributed by atoms with Crippen LogP contribution in [0.5, 0.6) is 0 Å². The second kappa shape index (κ2) is 6.83. The summed E-state index contributed by atoms with van der Waals surface area (Å²) in [5.41, 5.74) is 2.59. The van der Waals surface area contributed by atoms with Crippen molar-refractivity contribution >= 4 is 16.9 Å². The predicted octanol–water partition coefficient (Wildman–Crippen LogP) is 3.05. The smallest absolute Gasteiger partial charge is 0.252 e. The SMILES string of the molecule is CCc1nc2ccccc2n1CC(=O)n1ccccc1=NC(C)C. The molecular formula is C19H22N4O. The quantitative estimate of drug-likeness (QED) is 0.741. The number of carbonyl (C=O) groups excluding carboxylic acids is 1. The molecule has 124 valence electrons. The molecule has 1 aromatic carbocycles. The average molecular weight is 322 g/mol. The summed E-state index contributed by atoms with van der Waals surface area (Å²) in [6, 6.07) is 13.7. The standard InChI is InChI=1S/C19H22N4O/c1-4-17-21-15-9-5-6-10-16(15)23(17)13-19(24)22-12-8-7-11-18(22)20-14(2)3/h5-12,14H,4,13H2,1-3H3. The van der Waals surface area contributed by atoms with Crippen LogP contribution in [0.4, 0.5) is 0 Å². The fraction of sp³-hybridized carbons (Fsp3) is 0.316. The highest BCUT2D eigenvalue weighted by Crippen LogP contribution is 2.16. The van der Waals surface area contributed by atoms with E-state index in [2.05, 4.69) is 16.9 Å². The van der Waals surface area contributed by atoms with Gasteiger partial charge in [0.1, 0.15) is 17.9 Å². The van der Waals surface area contributed by atoms with Crippen LogP contribution < -0.4 is 5.49 Å². The second-order valence-corrected chi connectivity index (χ2v) is 6.00. The van der Waals surface area contributed by atoms with Gasteiger partial charge in [0.25, 0.3) is 5.91 Å². The van der Waals surface area contributed by atoms with Crippen LogP contribution in [0.2, 0.25) is 0 Å². The number of pyridine rings is 1. The van der Waals surface area contributed by atoms with Crippen LogP contribution in [0.1, 0.15) is 31.4 Å². The molecule has 3 aromatic rings. The zero-order chi connectivity index (χ0) is 17.1. The Morgan fingerprint density at radius 3 is 2.67 bits per heavy atom. The van der Waals surface area contributed by atoms with E-state index in [-0.39, 0.29) is 18.5 Å². The van der Waals surface area contributed by atoms with Gasteiger partial charge in [0.05, 0.1) is 11.0 Å². The molecule has 0 aliphatic rings. The van der Waals surface area contributed by atoms with Gasteiger partial charge in [-0.2, -0.15) is 0 Å². The number of carbonyl (C=O) groups is 1. The molecule has 0 aliphatic heterocycles. The van der Waals surface area contributed by atoms with Gasteiger partial charge in [-0.25, -0.2) is 4.98 Å². The Hall–Kier alpha value is -2.69. The lowest BCUT2D eigenvalue weighted by molar-refractivity contribution is 0.0886. The van der Waals surface area contributed by atoms with Crippen molar-refractivity contribution < 1.29 is 4.79 Å². The second-order valence-electron chi connectivity index (χ2n) is 6.00. The molecule has 0 aliphatic carbocycles. The van der Waals surface area contributed by atoms with E-state index in [4.69, 9.17) is 0 Å². The monoisotopic (exact) mass is 322 g/mol. The molecule has 0 spiro atoms. The summed E-state index contributed by atoms with van der Waals surface area (Å²) in [4.78, 5) is 22.0. The van der Waals surface area contributed by atoms with Crippen LogP contribution in [0.25, 0.3) is 11.0 Å². The van der Waals surface area contributed by atoms with Gasteiger partial charge < -0.3 is 4.57 Å². The normalized spacial score (nSPS) is 12.2. The minimum absolute atomic E-state index is 0.0205. The first kappa shape index (κ1) is 16.2. The molecule has 0 fully saturated rings. The Balaban J connectivity index is 2.03. The number of hydrogen-bond acceptors (Lipinski definition) is 3. The predicted molar refractivity (Wildman–Crippen MR) is 94.9 cm³/mol. The number of imidazole rings is 1. The van der Waals surface area contributed by atoms with Crippen LogP contribution in [-0.4, -0.2) is 26.1 Å². The van der Waals surface area contributed by atoms with E-state index in [1.807, 2.05) is 60.9 Å². The number of hydrogen-bond donors (Lipinski definition) is 0. The van der Waals surface area contributed by atoms with Gasteiger partial charge in [0.2, 0.25) is 0 Å². The third-order valence-corrected chi connectivity index (χ3v) is 3.84. The third-order valence-electron chi connectivity index (χ3n) is 3.84. The van der Waals surface area contributed by atoms with Gasteiger partial charge in [0.15, 0.2) is 0 Å². The highest BCUT2D eigenvalue weighted by atomic mass is 16.2. The number of fused-ring (bicyclic) bond motifs is 1. The molecule has 3 rings (SSSR count). The molecule has 0 N–H and O–H groups in total. The topological polar surface area (TPSA) is 52.2 Å². The van der Waals surface area contributed by atoms with Gasteiger partial charge in [-0.15, -0.1) is 0 Å². The molecule has 5 heteroatoms. The summed E-state index contributed by atoms with van der Waals surface area (Å²) >= 11 is 0. The summed E-state index contributed by atoms with van der Waals surface area (Å²) in [5, 5.41) is 0. The summed E-state index contributed by atoms with van der Waals surface area (Å²) in [7, 11) is 0. The van der Waals surface area contributed by atoms with Crippen LogP contribution in [0, 0.1) is 0 Å². The van der Waals surface area contributed by atoms with E-state index in [1.54, 1.807) is 10.8 Å². The number of para-hydroxylation sites is 2. The van der Waals surface area contributed by atoms with Crippen LogP contribution >= 0.6 is 0 Å². The van der Waals surface area contributed by atoms with Crippen LogP contribution in [0.15, 0.2) is 53.7 Å². The van der Waals surface area contributed by atoms with E-state index in [0.29, 0.717) is 5.49 Å². The van der Waals surface area contributed by atoms with Gasteiger partial charge in [-0.05, 0) is 38.1 Å². The summed E-state index contributed by atoms with van der Waals surface area (Å²) in [5.74, 6) is 0.899. The van der Waals surface area contributed by atoms with E-state index in [9.17, 15) is 4.79 Å². The molecule has 0 saturated heterocycles. The number of aryl methyl sites for hydroxylation is 1. The van der Waals surface area contributed by atoms with Crippen molar-refractivity contribution in [3.8, 4) is 0 Å². The van der Waals surface area contributed by atoms with Gasteiger partial charge in [-0.3, -0.25) is 14.4 Å². The van der Waals surface area contributed by atoms with Crippen molar-refractivity contribution in [3.05, 3.63) is 60.0 Å². The van der Waals surface area contributed by atoms with Crippen molar-refractivity contribution in [1.29, 1.82) is 0 Å². The summed E-state index contributed by atoms with van der Waals surface area (Å²) < 4.78 is 3.62. The molecule has 0 radical (unpaired) electrons. The van der Waals surface area contributed by atoms with E-state index in [1.165, 1.54) is 0 Å². The van der Waals surface area contributed by atoms with E-state index in [0.717, 1.165) is 23.3 Å². The van der Waals surface area contributed by atoms with E-state index >= 15 is 0 Å². The van der Waals surface area contributed by atoms with Gasteiger partial charge in [0, 0.05) is 18.7 Å². The molecule has 2 aromatic heterocycles. The van der Waals surface area contributed by atoms with Crippen molar-refractivity contribution in [1.82, 2.24) is 14.1 Å². The number of nitrogens with zero attached hydrogens (tertiary/aromatic N) is 4. The molecule has 24 heavy (non-hydrogen) atoms. The highest BCUT2D eigenvalue weighted by Gasteiger charge is 2.13. The van der Waals surface area contributed by atoms with Crippen LogP contribution in [-0.2, 0) is 13.0 Å². The lowest BCUT2D eigenvalue weighted by atomic mass is 10.3. The largest absolute Gasteiger partial charge is 0.318 e. The zero-order valence-corrected chi connectivity index (χ0v) is 14.3. The number of benzene rings is 1. The average Bonchev–Trinajstić information content (AvgIpc) is 2.92. The van der Waals surface area contributed by atoms with Gasteiger partial charge in [-0.1, -0.05) is 25.1 Å². The number of aromatic nitrogens is 3. The van der Waals surface area contributed by atoms with Gasteiger partial charge >= 0.3 is 0 Å². The first-order chi connectivity index (χ1) is 11.6. The van der Waals surface area contributed by atoms with Crippen molar-refractivity contribution in [2.75, 3.05) is 0 Å². The Morgan fingerprint density at radius 1 is 1.17 bits per heavy atom. The van der Waals surface area contributed by atoms with Crippen LogP contribution in [0.3, 0.4) is 0 Å². The molecule has 0 saturated carbocycles. The third kappa shape index (κ3) is 3.15. The fourth-order valence-electron chi connectivity index (χ4n) is 2.80. The maximum absolute atomic E-state index is 12.9. The Labute approximate surface area is 141 Å². The molecule has 0 unspecified atom stereocenters. The Bertz CT molecular complexity index is 934. The summed E-state index contributed by atoms with van der Waals surface area (Å²) in [6.07, 6.45) is 2.55. The maximum Gasteiger partial charge on any atom is 0.252 e. The molecule has 0 atom stereocenters. The maximum atomic E-state index is 12.9. The minimum Gasteiger partial charge on any atom is -0.318 e. The first-order valence-corrected chi connectivity index (χ1v) is 8.29. The first-order valence-electron chi connectivity index (χ1n) is 8.29. The Kier molecular flexibility index (Phi) is 4.60. The molecule has 5 nitrogen and oxygen atoms in total. The van der Waals surface area contributed by atoms with Crippen molar-refractivity contribution in [3.63, 3.8) is 0 Å². The van der Waals surface area contributed by atoms with E-state index < -0.39 is 0 Å².